The molecule has 0 fully saturated rings. The Morgan fingerprint density at radius 2 is 2.15 bits per heavy atom. The third-order valence-corrected chi connectivity index (χ3v) is 1.31. The molecule has 0 unspecified atom stereocenters. The third-order valence-electron chi connectivity index (χ3n) is 1.05. The van der Waals surface area contributed by atoms with Crippen molar-refractivity contribution in [3.63, 3.8) is 0 Å². The SMILES string of the molecule is CO/C(=C\C(=O)O)COC(=O)CS. The van der Waals surface area contributed by atoms with E-state index < -0.39 is 11.9 Å². The van der Waals surface area contributed by atoms with Gasteiger partial charge in [-0.1, -0.05) is 0 Å². The molecule has 0 aliphatic rings. The summed E-state index contributed by atoms with van der Waals surface area (Å²) in [6, 6.07) is 0. The van der Waals surface area contributed by atoms with Crippen molar-refractivity contribution in [1.29, 1.82) is 0 Å². The molecule has 74 valence electrons. The second-order valence-corrected chi connectivity index (χ2v) is 2.29. The predicted octanol–water partition coefficient (Wildman–Crippen LogP) is 0.0743. The van der Waals surface area contributed by atoms with E-state index in [0.29, 0.717) is 0 Å². The van der Waals surface area contributed by atoms with Crippen LogP contribution in [-0.2, 0) is 19.1 Å². The minimum Gasteiger partial charge on any atom is -0.497 e. The van der Waals surface area contributed by atoms with Gasteiger partial charge in [0.1, 0.15) is 12.4 Å². The highest BCUT2D eigenvalue weighted by Gasteiger charge is 2.04. The zero-order valence-electron chi connectivity index (χ0n) is 7.02. The van der Waals surface area contributed by atoms with Crippen LogP contribution in [0.1, 0.15) is 0 Å². The van der Waals surface area contributed by atoms with E-state index in [2.05, 4.69) is 22.1 Å². The van der Waals surface area contributed by atoms with Crippen LogP contribution in [0.25, 0.3) is 0 Å². The second-order valence-electron chi connectivity index (χ2n) is 1.97. The van der Waals surface area contributed by atoms with Crippen LogP contribution in [0.4, 0.5) is 0 Å². The summed E-state index contributed by atoms with van der Waals surface area (Å²) in [5.74, 6) is -1.66. The molecule has 0 aromatic rings. The number of methoxy groups -OCH3 is 1. The fraction of sp³-hybridized carbons (Fsp3) is 0.429. The van der Waals surface area contributed by atoms with Gasteiger partial charge in [-0.15, -0.1) is 0 Å². The highest BCUT2D eigenvalue weighted by atomic mass is 32.1. The Labute approximate surface area is 80.7 Å². The molecule has 0 aromatic carbocycles. The van der Waals surface area contributed by atoms with Gasteiger partial charge in [-0.25, -0.2) is 4.79 Å². The standard InChI is InChI=1S/C7H10O5S/c1-11-5(2-6(8)9)3-12-7(10)4-13/h2,13H,3-4H2,1H3,(H,8,9)/b5-2-. The lowest BCUT2D eigenvalue weighted by molar-refractivity contribution is -0.140. The molecule has 0 atom stereocenters. The first-order valence-electron chi connectivity index (χ1n) is 3.34. The minimum absolute atomic E-state index is 0.0515. The third kappa shape index (κ3) is 6.03. The Bertz CT molecular complexity index is 223. The summed E-state index contributed by atoms with van der Waals surface area (Å²) in [7, 11) is 1.29. The Morgan fingerprint density at radius 1 is 1.54 bits per heavy atom. The Hall–Kier alpha value is -1.17. The van der Waals surface area contributed by atoms with Gasteiger partial charge in [-0.05, 0) is 0 Å². The number of thiol groups is 1. The summed E-state index contributed by atoms with van der Waals surface area (Å²) in [5, 5.41) is 8.33. The molecule has 0 rings (SSSR count). The maximum absolute atomic E-state index is 10.6. The number of carboxylic acid groups (broad SMARTS) is 1. The largest absolute Gasteiger partial charge is 0.497 e. The number of hydrogen-bond donors (Lipinski definition) is 2. The van der Waals surface area contributed by atoms with Gasteiger partial charge in [0.2, 0.25) is 0 Å². The number of ether oxygens (including phenoxy) is 2. The van der Waals surface area contributed by atoms with Crippen molar-refractivity contribution in [2.24, 2.45) is 0 Å². The number of esters is 1. The molecule has 0 saturated heterocycles. The summed E-state index contributed by atoms with van der Waals surface area (Å²) in [5.41, 5.74) is 0. The number of aliphatic carboxylic acids is 1. The van der Waals surface area contributed by atoms with Gasteiger partial charge in [0.05, 0.1) is 18.9 Å². The zero-order valence-corrected chi connectivity index (χ0v) is 7.91. The van der Waals surface area contributed by atoms with Crippen LogP contribution in [0.15, 0.2) is 11.8 Å². The normalized spacial score (nSPS) is 10.8. The van der Waals surface area contributed by atoms with Crippen molar-refractivity contribution >= 4 is 24.6 Å². The van der Waals surface area contributed by atoms with Gasteiger partial charge in [0.15, 0.2) is 0 Å². The van der Waals surface area contributed by atoms with Gasteiger partial charge in [-0.3, -0.25) is 4.79 Å². The molecule has 0 radical (unpaired) electrons. The molecule has 0 aliphatic carbocycles. The van der Waals surface area contributed by atoms with Crippen molar-refractivity contribution in [3.8, 4) is 0 Å². The molecule has 0 aliphatic heterocycles. The lowest BCUT2D eigenvalue weighted by Crippen LogP contribution is -2.10. The topological polar surface area (TPSA) is 72.8 Å². The predicted molar refractivity (Wildman–Crippen MR) is 47.5 cm³/mol. The number of carboxylic acids is 1. The van der Waals surface area contributed by atoms with E-state index in [0.717, 1.165) is 6.08 Å². The van der Waals surface area contributed by atoms with Crippen molar-refractivity contribution < 1.29 is 24.2 Å². The number of rotatable bonds is 5. The van der Waals surface area contributed by atoms with Crippen molar-refractivity contribution in [2.45, 2.75) is 0 Å². The molecular formula is C7H10O5S. The van der Waals surface area contributed by atoms with E-state index in [1.807, 2.05) is 0 Å². The molecule has 0 bridgehead atoms. The summed E-state index contributed by atoms with van der Waals surface area (Å²) in [6.45, 7) is -0.192. The second kappa shape index (κ2) is 6.36. The Morgan fingerprint density at radius 3 is 2.54 bits per heavy atom. The smallest absolute Gasteiger partial charge is 0.331 e. The quantitative estimate of drug-likeness (QED) is 0.288. The average Bonchev–Trinajstić information content (AvgIpc) is 2.10. The molecule has 0 spiro atoms. The molecule has 0 aromatic heterocycles. The summed E-state index contributed by atoms with van der Waals surface area (Å²) in [4.78, 5) is 20.8. The first kappa shape index (κ1) is 11.8. The van der Waals surface area contributed by atoms with Gasteiger partial charge < -0.3 is 14.6 Å². The van der Waals surface area contributed by atoms with Crippen LogP contribution >= 0.6 is 12.6 Å². The molecule has 5 nitrogen and oxygen atoms in total. The van der Waals surface area contributed by atoms with Crippen LogP contribution in [-0.4, -0.2) is 36.5 Å². The van der Waals surface area contributed by atoms with E-state index in [9.17, 15) is 9.59 Å². The minimum atomic E-state index is -1.15. The lowest BCUT2D eigenvalue weighted by atomic mass is 10.4. The number of carbonyl (C=O) groups excluding carboxylic acids is 1. The monoisotopic (exact) mass is 206 g/mol. The maximum Gasteiger partial charge on any atom is 0.331 e. The summed E-state index contributed by atoms with van der Waals surface area (Å²) >= 11 is 3.67. The fourth-order valence-corrected chi connectivity index (χ4v) is 0.586. The Balaban J connectivity index is 3.99. The molecular weight excluding hydrogens is 196 g/mol. The van der Waals surface area contributed by atoms with Crippen molar-refractivity contribution in [2.75, 3.05) is 19.5 Å². The Kier molecular flexibility index (Phi) is 5.79. The van der Waals surface area contributed by atoms with Gasteiger partial charge in [-0.2, -0.15) is 12.6 Å². The number of carbonyl (C=O) groups is 2. The van der Waals surface area contributed by atoms with E-state index in [4.69, 9.17) is 5.11 Å². The lowest BCUT2D eigenvalue weighted by Gasteiger charge is -2.05. The summed E-state index contributed by atoms with van der Waals surface area (Å²) in [6.07, 6.45) is 0.825. The van der Waals surface area contributed by atoms with Crippen molar-refractivity contribution in [1.82, 2.24) is 0 Å². The molecule has 6 heteroatoms. The van der Waals surface area contributed by atoms with E-state index in [1.54, 1.807) is 0 Å². The summed E-state index contributed by atoms with van der Waals surface area (Å²) < 4.78 is 9.21. The number of hydrogen-bond acceptors (Lipinski definition) is 5. The first-order chi connectivity index (χ1) is 6.10. The zero-order chi connectivity index (χ0) is 10.3. The van der Waals surface area contributed by atoms with Gasteiger partial charge in [0.25, 0.3) is 0 Å². The van der Waals surface area contributed by atoms with E-state index >= 15 is 0 Å². The van der Waals surface area contributed by atoms with Crippen LogP contribution in [0.3, 0.4) is 0 Å². The first-order valence-corrected chi connectivity index (χ1v) is 3.97. The van der Waals surface area contributed by atoms with E-state index in [1.165, 1.54) is 7.11 Å². The van der Waals surface area contributed by atoms with Crippen LogP contribution < -0.4 is 0 Å². The molecule has 13 heavy (non-hydrogen) atoms. The molecule has 1 N–H and O–H groups in total. The highest BCUT2D eigenvalue weighted by molar-refractivity contribution is 7.81. The maximum atomic E-state index is 10.6. The van der Waals surface area contributed by atoms with Gasteiger partial charge >= 0.3 is 11.9 Å². The van der Waals surface area contributed by atoms with Crippen LogP contribution in [0, 0.1) is 0 Å². The van der Waals surface area contributed by atoms with Crippen molar-refractivity contribution in [3.05, 3.63) is 11.8 Å². The average molecular weight is 206 g/mol. The fourth-order valence-electron chi connectivity index (χ4n) is 0.495. The molecule has 0 heterocycles. The molecule has 0 saturated carbocycles. The van der Waals surface area contributed by atoms with Crippen LogP contribution in [0.5, 0.6) is 0 Å². The molecule has 0 amide bonds. The van der Waals surface area contributed by atoms with Gasteiger partial charge in [0, 0.05) is 0 Å². The highest BCUT2D eigenvalue weighted by Crippen LogP contribution is 1.97. The van der Waals surface area contributed by atoms with Crippen LogP contribution in [0.2, 0.25) is 0 Å². The van der Waals surface area contributed by atoms with E-state index in [-0.39, 0.29) is 18.1 Å².